The molecule has 0 aromatic heterocycles. The summed E-state index contributed by atoms with van der Waals surface area (Å²) in [5.74, 6) is -0.618. The minimum atomic E-state index is -1.50. The largest absolute Gasteiger partial charge is 0.466 e. The van der Waals surface area contributed by atoms with E-state index in [4.69, 9.17) is 39.5 Å². The van der Waals surface area contributed by atoms with Crippen LogP contribution in [0.15, 0.2) is 10.6 Å². The fourth-order valence-electron chi connectivity index (χ4n) is 1.10. The number of ether oxygens (including phenoxy) is 1. The van der Waals surface area contributed by atoms with E-state index in [1.165, 1.54) is 6.08 Å². The molecule has 0 aliphatic rings. The number of carbonyl (C=O) groups excluding carboxylic acids is 1. The van der Waals surface area contributed by atoms with Crippen LogP contribution in [0.4, 0.5) is 0 Å². The van der Waals surface area contributed by atoms with Gasteiger partial charge in [-0.3, -0.25) is 4.79 Å². The molecule has 0 spiro atoms. The summed E-state index contributed by atoms with van der Waals surface area (Å²) in [5, 5.41) is 0. The summed E-state index contributed by atoms with van der Waals surface area (Å²) in [4.78, 5) is 11.7. The van der Waals surface area contributed by atoms with Crippen LogP contribution in [0, 0.1) is 11.3 Å². The van der Waals surface area contributed by atoms with Gasteiger partial charge in [0, 0.05) is 9.90 Å². The van der Waals surface area contributed by atoms with Crippen molar-refractivity contribution in [3.63, 3.8) is 0 Å². The third-order valence-electron chi connectivity index (χ3n) is 2.63. The van der Waals surface area contributed by atoms with E-state index in [9.17, 15) is 4.79 Å². The van der Waals surface area contributed by atoms with E-state index in [-0.39, 0.29) is 11.9 Å². The Morgan fingerprint density at radius 1 is 1.41 bits per heavy atom. The van der Waals surface area contributed by atoms with Crippen molar-refractivity contribution in [3.8, 4) is 0 Å². The number of esters is 1. The number of carbonyl (C=O) groups is 1. The molecule has 0 N–H and O–H groups in total. The third kappa shape index (κ3) is 5.82. The summed E-state index contributed by atoms with van der Waals surface area (Å²) < 4.78 is 4.15. The molecule has 2 nitrogen and oxygen atoms in total. The van der Waals surface area contributed by atoms with Crippen molar-refractivity contribution < 1.29 is 9.53 Å². The zero-order valence-electron chi connectivity index (χ0n) is 10.2. The van der Waals surface area contributed by atoms with Crippen molar-refractivity contribution in [2.75, 3.05) is 6.61 Å². The van der Waals surface area contributed by atoms with E-state index >= 15 is 0 Å². The molecule has 17 heavy (non-hydrogen) atoms. The fourth-order valence-corrected chi connectivity index (χ4v) is 2.51. The van der Waals surface area contributed by atoms with Crippen LogP contribution < -0.4 is 0 Å². The SMILES string of the molecule is CCOC(=O)C(C)C(C)(C)C(Br)=CC(Cl)(Cl)Cl. The predicted octanol–water partition coefficient (Wildman–Crippen LogP) is 4.86. The maximum Gasteiger partial charge on any atom is 0.309 e. The number of allylic oxidation sites excluding steroid dienone is 2. The van der Waals surface area contributed by atoms with Gasteiger partial charge in [-0.15, -0.1) is 0 Å². The predicted molar refractivity (Wildman–Crippen MR) is 76.9 cm³/mol. The van der Waals surface area contributed by atoms with Crippen LogP contribution in [0.25, 0.3) is 0 Å². The first kappa shape index (κ1) is 17.6. The first-order valence-corrected chi connectivity index (χ1v) is 7.07. The summed E-state index contributed by atoms with van der Waals surface area (Å²) in [5.41, 5.74) is -0.504. The Bertz CT molecular complexity index is 308. The third-order valence-corrected chi connectivity index (χ3v) is 4.21. The lowest BCUT2D eigenvalue weighted by Gasteiger charge is -2.30. The lowest BCUT2D eigenvalue weighted by Crippen LogP contribution is -2.31. The van der Waals surface area contributed by atoms with Crippen LogP contribution >= 0.6 is 50.7 Å². The molecule has 0 rings (SSSR count). The Morgan fingerprint density at radius 2 is 1.88 bits per heavy atom. The summed E-state index contributed by atoms with van der Waals surface area (Å²) in [6, 6.07) is 0. The highest BCUT2D eigenvalue weighted by molar-refractivity contribution is 9.11. The van der Waals surface area contributed by atoms with Crippen molar-refractivity contribution in [1.82, 2.24) is 0 Å². The molecule has 0 radical (unpaired) electrons. The molecule has 0 aliphatic heterocycles. The molecule has 0 saturated heterocycles. The zero-order valence-corrected chi connectivity index (χ0v) is 14.0. The smallest absolute Gasteiger partial charge is 0.309 e. The van der Waals surface area contributed by atoms with E-state index in [2.05, 4.69) is 15.9 Å². The lowest BCUT2D eigenvalue weighted by atomic mass is 9.79. The van der Waals surface area contributed by atoms with Crippen LogP contribution in [0.3, 0.4) is 0 Å². The van der Waals surface area contributed by atoms with Gasteiger partial charge in [-0.1, -0.05) is 71.5 Å². The topological polar surface area (TPSA) is 26.3 Å². The van der Waals surface area contributed by atoms with Crippen LogP contribution in [0.2, 0.25) is 0 Å². The minimum absolute atomic E-state index is 0.271. The van der Waals surface area contributed by atoms with Crippen molar-refractivity contribution in [3.05, 3.63) is 10.6 Å². The van der Waals surface area contributed by atoms with Gasteiger partial charge >= 0.3 is 5.97 Å². The minimum Gasteiger partial charge on any atom is -0.466 e. The Balaban J connectivity index is 5.00. The summed E-state index contributed by atoms with van der Waals surface area (Å²) in [6.07, 6.45) is 1.45. The molecule has 0 aromatic carbocycles. The van der Waals surface area contributed by atoms with Gasteiger partial charge in [-0.05, 0) is 13.0 Å². The zero-order chi connectivity index (χ0) is 13.9. The Hall–Kier alpha value is 0.560. The standard InChI is InChI=1S/C11H16BrCl3O2/c1-5-17-9(16)7(2)10(3,4)8(12)6-11(13,14)15/h6-7H,5H2,1-4H3. The average molecular weight is 367 g/mol. The van der Waals surface area contributed by atoms with E-state index in [0.29, 0.717) is 11.1 Å². The molecule has 1 unspecified atom stereocenters. The number of halogens is 4. The molecular formula is C11H16BrCl3O2. The van der Waals surface area contributed by atoms with Crippen LogP contribution in [-0.2, 0) is 9.53 Å². The second-order valence-electron chi connectivity index (χ2n) is 4.23. The first-order chi connectivity index (χ1) is 7.52. The molecular weight excluding hydrogens is 350 g/mol. The number of hydrogen-bond donors (Lipinski definition) is 0. The molecule has 0 amide bonds. The molecule has 1 atom stereocenters. The normalized spacial score (nSPS) is 15.6. The lowest BCUT2D eigenvalue weighted by molar-refractivity contribution is -0.150. The molecule has 0 aliphatic carbocycles. The maximum atomic E-state index is 11.7. The monoisotopic (exact) mass is 364 g/mol. The Labute approximate surface area is 126 Å². The summed E-state index contributed by atoms with van der Waals surface area (Å²) in [6.45, 7) is 7.66. The number of rotatable bonds is 4. The highest BCUT2D eigenvalue weighted by Gasteiger charge is 2.36. The molecule has 6 heteroatoms. The van der Waals surface area contributed by atoms with E-state index in [1.807, 2.05) is 13.8 Å². The molecule has 0 bridgehead atoms. The van der Waals surface area contributed by atoms with E-state index in [1.54, 1.807) is 13.8 Å². The van der Waals surface area contributed by atoms with Gasteiger partial charge < -0.3 is 4.74 Å². The van der Waals surface area contributed by atoms with E-state index in [0.717, 1.165) is 0 Å². The van der Waals surface area contributed by atoms with Crippen LogP contribution in [0.1, 0.15) is 27.7 Å². The quantitative estimate of drug-likeness (QED) is 0.525. The van der Waals surface area contributed by atoms with Gasteiger partial charge in [0.25, 0.3) is 0 Å². The fraction of sp³-hybridized carbons (Fsp3) is 0.727. The number of alkyl halides is 3. The van der Waals surface area contributed by atoms with Gasteiger partial charge in [-0.2, -0.15) is 0 Å². The first-order valence-electron chi connectivity index (χ1n) is 5.14. The summed E-state index contributed by atoms with van der Waals surface area (Å²) in [7, 11) is 0. The van der Waals surface area contributed by atoms with Crippen LogP contribution in [0.5, 0.6) is 0 Å². The highest BCUT2D eigenvalue weighted by Crippen LogP contribution is 2.42. The maximum absolute atomic E-state index is 11.7. The Kier molecular flexibility index (Phi) is 6.87. The van der Waals surface area contributed by atoms with Gasteiger partial charge in [0.2, 0.25) is 3.79 Å². The van der Waals surface area contributed by atoms with Gasteiger partial charge in [0.1, 0.15) is 0 Å². The van der Waals surface area contributed by atoms with E-state index < -0.39 is 9.21 Å². The molecule has 0 aromatic rings. The van der Waals surface area contributed by atoms with Crippen molar-refractivity contribution in [1.29, 1.82) is 0 Å². The highest BCUT2D eigenvalue weighted by atomic mass is 79.9. The van der Waals surface area contributed by atoms with Crippen molar-refractivity contribution >= 4 is 56.7 Å². The van der Waals surface area contributed by atoms with Gasteiger partial charge in [-0.25, -0.2) is 0 Å². The molecule has 100 valence electrons. The summed E-state index contributed by atoms with van der Waals surface area (Å²) >= 11 is 20.4. The Morgan fingerprint density at radius 3 is 2.24 bits per heavy atom. The van der Waals surface area contributed by atoms with Crippen LogP contribution in [-0.4, -0.2) is 16.4 Å². The van der Waals surface area contributed by atoms with Gasteiger partial charge in [0.15, 0.2) is 0 Å². The second-order valence-corrected chi connectivity index (χ2v) is 7.45. The number of hydrogen-bond acceptors (Lipinski definition) is 2. The molecule has 0 fully saturated rings. The molecule has 0 saturated carbocycles. The van der Waals surface area contributed by atoms with Crippen molar-refractivity contribution in [2.24, 2.45) is 11.3 Å². The van der Waals surface area contributed by atoms with Gasteiger partial charge in [0.05, 0.1) is 12.5 Å². The average Bonchev–Trinajstić information content (AvgIpc) is 2.14. The second kappa shape index (κ2) is 6.65. The van der Waals surface area contributed by atoms with Crippen molar-refractivity contribution in [2.45, 2.75) is 31.5 Å². The molecule has 0 heterocycles.